The Kier molecular flexibility index (Phi) is 4.55. The summed E-state index contributed by atoms with van der Waals surface area (Å²) in [5.41, 5.74) is 7.03. The SMILES string of the molecule is COC1CC(NC(=O)c2cnn(CCCN)c2C)C1. The molecule has 0 aromatic carbocycles. The van der Waals surface area contributed by atoms with Crippen molar-refractivity contribution in [3.05, 3.63) is 17.5 Å². The number of hydrogen-bond acceptors (Lipinski definition) is 4. The lowest BCUT2D eigenvalue weighted by Crippen LogP contribution is -2.47. The molecule has 0 atom stereocenters. The van der Waals surface area contributed by atoms with Crippen molar-refractivity contribution in [2.24, 2.45) is 5.73 Å². The first-order valence-electron chi connectivity index (χ1n) is 6.71. The Morgan fingerprint density at radius 2 is 2.37 bits per heavy atom. The molecular weight excluding hydrogens is 244 g/mol. The molecule has 19 heavy (non-hydrogen) atoms. The van der Waals surface area contributed by atoms with Crippen molar-refractivity contribution in [3.63, 3.8) is 0 Å². The molecule has 1 amide bonds. The second-order valence-electron chi connectivity index (χ2n) is 5.01. The van der Waals surface area contributed by atoms with Crippen LogP contribution in [0.1, 0.15) is 35.3 Å². The largest absolute Gasteiger partial charge is 0.381 e. The van der Waals surface area contributed by atoms with Crippen molar-refractivity contribution in [1.82, 2.24) is 15.1 Å². The van der Waals surface area contributed by atoms with Gasteiger partial charge in [0.25, 0.3) is 5.91 Å². The number of aromatic nitrogens is 2. The lowest BCUT2D eigenvalue weighted by molar-refractivity contribution is 0.0176. The molecule has 0 spiro atoms. The van der Waals surface area contributed by atoms with Gasteiger partial charge >= 0.3 is 0 Å². The number of hydrogen-bond donors (Lipinski definition) is 2. The zero-order chi connectivity index (χ0) is 13.8. The second-order valence-corrected chi connectivity index (χ2v) is 5.01. The topological polar surface area (TPSA) is 82.2 Å². The molecule has 0 unspecified atom stereocenters. The Morgan fingerprint density at radius 3 is 3.00 bits per heavy atom. The highest BCUT2D eigenvalue weighted by Gasteiger charge is 2.30. The van der Waals surface area contributed by atoms with Crippen LogP contribution in [0.3, 0.4) is 0 Å². The van der Waals surface area contributed by atoms with Gasteiger partial charge in [0.1, 0.15) is 0 Å². The molecule has 0 bridgehead atoms. The monoisotopic (exact) mass is 266 g/mol. The molecular formula is C13H22N4O2. The highest BCUT2D eigenvalue weighted by atomic mass is 16.5. The minimum atomic E-state index is -0.0453. The van der Waals surface area contributed by atoms with E-state index >= 15 is 0 Å². The summed E-state index contributed by atoms with van der Waals surface area (Å²) in [6.07, 6.45) is 4.57. The molecule has 1 aliphatic rings. The summed E-state index contributed by atoms with van der Waals surface area (Å²) in [7, 11) is 1.70. The summed E-state index contributed by atoms with van der Waals surface area (Å²) < 4.78 is 7.03. The van der Waals surface area contributed by atoms with Crippen LogP contribution in [0.5, 0.6) is 0 Å². The average Bonchev–Trinajstić information content (AvgIpc) is 2.72. The Morgan fingerprint density at radius 1 is 1.63 bits per heavy atom. The van der Waals surface area contributed by atoms with Gasteiger partial charge in [0.05, 0.1) is 17.9 Å². The van der Waals surface area contributed by atoms with Crippen LogP contribution in [-0.2, 0) is 11.3 Å². The first-order valence-corrected chi connectivity index (χ1v) is 6.71. The summed E-state index contributed by atoms with van der Waals surface area (Å²) in [5.74, 6) is -0.0453. The molecule has 6 nitrogen and oxygen atoms in total. The van der Waals surface area contributed by atoms with Gasteiger partial charge in [-0.25, -0.2) is 0 Å². The Bertz CT molecular complexity index is 438. The number of ether oxygens (including phenoxy) is 1. The quantitative estimate of drug-likeness (QED) is 0.783. The number of nitrogens with zero attached hydrogens (tertiary/aromatic N) is 2. The molecule has 0 saturated heterocycles. The van der Waals surface area contributed by atoms with Crippen molar-refractivity contribution in [2.45, 2.75) is 44.9 Å². The standard InChI is InChI=1S/C13H22N4O2/c1-9-12(8-15-17(9)5-3-4-14)13(18)16-10-6-11(7-10)19-2/h8,10-11H,3-7,14H2,1-2H3,(H,16,18). The van der Waals surface area contributed by atoms with Gasteiger partial charge in [-0.3, -0.25) is 9.48 Å². The third-order valence-electron chi connectivity index (χ3n) is 3.69. The maximum absolute atomic E-state index is 12.1. The van der Waals surface area contributed by atoms with E-state index in [-0.39, 0.29) is 11.9 Å². The van der Waals surface area contributed by atoms with E-state index in [0.717, 1.165) is 31.5 Å². The van der Waals surface area contributed by atoms with Crippen LogP contribution in [0.15, 0.2) is 6.20 Å². The lowest BCUT2D eigenvalue weighted by Gasteiger charge is -2.34. The number of nitrogens with one attached hydrogen (secondary N) is 1. The maximum Gasteiger partial charge on any atom is 0.254 e. The number of nitrogens with two attached hydrogens (primary N) is 1. The number of rotatable bonds is 6. The van der Waals surface area contributed by atoms with Gasteiger partial charge in [0.15, 0.2) is 0 Å². The molecule has 2 rings (SSSR count). The molecule has 1 saturated carbocycles. The fourth-order valence-corrected chi connectivity index (χ4v) is 2.28. The summed E-state index contributed by atoms with van der Waals surface area (Å²) in [6, 6.07) is 0.226. The predicted octanol–water partition coefficient (Wildman–Crippen LogP) is 0.448. The first-order chi connectivity index (χ1) is 9.15. The van der Waals surface area contributed by atoms with Crippen molar-refractivity contribution < 1.29 is 9.53 Å². The summed E-state index contributed by atoms with van der Waals surface area (Å²) in [6.45, 7) is 3.29. The third kappa shape index (κ3) is 3.13. The first kappa shape index (κ1) is 14.0. The molecule has 1 fully saturated rings. The van der Waals surface area contributed by atoms with Gasteiger partial charge in [-0.1, -0.05) is 0 Å². The van der Waals surface area contributed by atoms with E-state index in [0.29, 0.717) is 18.2 Å². The maximum atomic E-state index is 12.1. The molecule has 1 aliphatic carbocycles. The average molecular weight is 266 g/mol. The van der Waals surface area contributed by atoms with E-state index in [4.69, 9.17) is 10.5 Å². The van der Waals surface area contributed by atoms with E-state index in [1.165, 1.54) is 0 Å². The molecule has 0 aliphatic heterocycles. The van der Waals surface area contributed by atoms with Gasteiger partial charge < -0.3 is 15.8 Å². The van der Waals surface area contributed by atoms with Gasteiger partial charge in [0.2, 0.25) is 0 Å². The number of methoxy groups -OCH3 is 1. The van der Waals surface area contributed by atoms with Crippen LogP contribution in [0, 0.1) is 6.92 Å². The van der Waals surface area contributed by atoms with Crippen LogP contribution in [-0.4, -0.2) is 41.5 Å². The van der Waals surface area contributed by atoms with E-state index in [9.17, 15) is 4.79 Å². The minimum Gasteiger partial charge on any atom is -0.381 e. The molecule has 6 heteroatoms. The van der Waals surface area contributed by atoms with Crippen molar-refractivity contribution in [3.8, 4) is 0 Å². The van der Waals surface area contributed by atoms with Crippen LogP contribution in [0.2, 0.25) is 0 Å². The fourth-order valence-electron chi connectivity index (χ4n) is 2.28. The molecule has 0 radical (unpaired) electrons. The van der Waals surface area contributed by atoms with Crippen LogP contribution < -0.4 is 11.1 Å². The minimum absolute atomic E-state index is 0.0453. The van der Waals surface area contributed by atoms with E-state index in [2.05, 4.69) is 10.4 Å². The molecule has 1 aromatic rings. The van der Waals surface area contributed by atoms with Gasteiger partial charge in [-0.05, 0) is 32.7 Å². The number of carbonyl (C=O) groups is 1. The predicted molar refractivity (Wildman–Crippen MR) is 71.9 cm³/mol. The van der Waals surface area contributed by atoms with Crippen molar-refractivity contribution >= 4 is 5.91 Å². The smallest absolute Gasteiger partial charge is 0.254 e. The lowest BCUT2D eigenvalue weighted by atomic mass is 9.89. The Hall–Kier alpha value is -1.40. The van der Waals surface area contributed by atoms with Gasteiger partial charge in [0, 0.05) is 25.4 Å². The van der Waals surface area contributed by atoms with E-state index < -0.39 is 0 Å². The Labute approximate surface area is 113 Å². The van der Waals surface area contributed by atoms with Crippen LogP contribution in [0.4, 0.5) is 0 Å². The third-order valence-corrected chi connectivity index (χ3v) is 3.69. The summed E-state index contributed by atoms with van der Waals surface area (Å²) >= 11 is 0. The highest BCUT2D eigenvalue weighted by molar-refractivity contribution is 5.95. The van der Waals surface area contributed by atoms with Gasteiger partial charge in [-0.2, -0.15) is 5.10 Å². The van der Waals surface area contributed by atoms with Crippen molar-refractivity contribution in [2.75, 3.05) is 13.7 Å². The zero-order valence-electron chi connectivity index (χ0n) is 11.6. The zero-order valence-corrected chi connectivity index (χ0v) is 11.6. The highest BCUT2D eigenvalue weighted by Crippen LogP contribution is 2.23. The second kappa shape index (κ2) is 6.16. The van der Waals surface area contributed by atoms with Crippen molar-refractivity contribution in [1.29, 1.82) is 0 Å². The summed E-state index contributed by atoms with van der Waals surface area (Å²) in [5, 5.41) is 7.24. The molecule has 1 heterocycles. The van der Waals surface area contributed by atoms with Gasteiger partial charge in [-0.15, -0.1) is 0 Å². The number of carbonyl (C=O) groups excluding carboxylic acids is 1. The van der Waals surface area contributed by atoms with Crippen LogP contribution >= 0.6 is 0 Å². The van der Waals surface area contributed by atoms with Crippen LogP contribution in [0.25, 0.3) is 0 Å². The fraction of sp³-hybridized carbons (Fsp3) is 0.692. The summed E-state index contributed by atoms with van der Waals surface area (Å²) in [4.78, 5) is 12.1. The number of amides is 1. The molecule has 1 aromatic heterocycles. The van der Waals surface area contributed by atoms with E-state index in [1.54, 1.807) is 13.3 Å². The Balaban J connectivity index is 1.90. The molecule has 3 N–H and O–H groups in total. The number of aryl methyl sites for hydroxylation is 1. The molecule has 106 valence electrons. The normalized spacial score (nSPS) is 22.1. The van der Waals surface area contributed by atoms with E-state index in [1.807, 2.05) is 11.6 Å².